The van der Waals surface area contributed by atoms with Crippen molar-refractivity contribution in [3.05, 3.63) is 45.9 Å². The molecule has 0 saturated heterocycles. The average molecular weight is 320 g/mol. The van der Waals surface area contributed by atoms with Gasteiger partial charge in [-0.1, -0.05) is 17.8 Å². The van der Waals surface area contributed by atoms with Crippen LogP contribution in [0.2, 0.25) is 0 Å². The summed E-state index contributed by atoms with van der Waals surface area (Å²) in [5.74, 6) is 1.38. The smallest absolute Gasteiger partial charge is 0.257 e. The first kappa shape index (κ1) is 14.9. The molecule has 2 heterocycles. The van der Waals surface area contributed by atoms with Crippen LogP contribution < -0.4 is 15.0 Å². The van der Waals surface area contributed by atoms with Gasteiger partial charge in [-0.3, -0.25) is 9.36 Å². The third-order valence-electron chi connectivity index (χ3n) is 3.63. The fraction of sp³-hybridized carbons (Fsp3) is 0.333. The van der Waals surface area contributed by atoms with Crippen molar-refractivity contribution >= 4 is 11.8 Å². The van der Waals surface area contributed by atoms with Crippen molar-refractivity contribution in [2.75, 3.05) is 20.0 Å². The second-order valence-electron chi connectivity index (χ2n) is 5.03. The third kappa shape index (κ3) is 2.17. The maximum absolute atomic E-state index is 12.3. The highest BCUT2D eigenvalue weighted by Crippen LogP contribution is 2.40. The lowest BCUT2D eigenvalue weighted by molar-refractivity contribution is 0.0234. The number of fused-ring (bicyclic) bond motifs is 1. The summed E-state index contributed by atoms with van der Waals surface area (Å²) in [5.41, 5.74) is -0.522. The van der Waals surface area contributed by atoms with Gasteiger partial charge in [0.2, 0.25) is 0 Å². The van der Waals surface area contributed by atoms with E-state index in [1.54, 1.807) is 32.2 Å². The van der Waals surface area contributed by atoms with Gasteiger partial charge in [0, 0.05) is 17.3 Å². The third-order valence-corrected chi connectivity index (χ3v) is 4.71. The molecule has 1 aromatic heterocycles. The Hall–Kier alpha value is -1.99. The lowest BCUT2D eigenvalue weighted by Crippen LogP contribution is -2.41. The van der Waals surface area contributed by atoms with Gasteiger partial charge in [-0.05, 0) is 19.1 Å². The molecule has 6 nitrogen and oxygen atoms in total. The number of hydrogen-bond donors (Lipinski definition) is 1. The summed E-state index contributed by atoms with van der Waals surface area (Å²) in [6.07, 6.45) is 0. The molecule has 0 bridgehead atoms. The van der Waals surface area contributed by atoms with Crippen molar-refractivity contribution in [1.82, 2.24) is 9.55 Å². The quantitative estimate of drug-likeness (QED) is 0.861. The van der Waals surface area contributed by atoms with Crippen LogP contribution in [0, 0.1) is 6.92 Å². The van der Waals surface area contributed by atoms with E-state index >= 15 is 0 Å². The normalized spacial score (nSPS) is 19.8. The van der Waals surface area contributed by atoms with E-state index in [1.165, 1.54) is 29.5 Å². The molecule has 0 spiro atoms. The van der Waals surface area contributed by atoms with Gasteiger partial charge in [0.1, 0.15) is 0 Å². The molecule has 116 valence electrons. The first-order chi connectivity index (χ1) is 10.5. The van der Waals surface area contributed by atoms with Gasteiger partial charge in [-0.25, -0.2) is 4.98 Å². The Kier molecular flexibility index (Phi) is 3.62. The summed E-state index contributed by atoms with van der Waals surface area (Å²) in [6.45, 7) is 1.76. The SMILES string of the molecule is COc1ccc([C@@]2(O)CSc3nc(C)cc(=O)n32)cc1OC. The second-order valence-corrected chi connectivity index (χ2v) is 5.97. The Balaban J connectivity index is 2.17. The fourth-order valence-corrected chi connectivity index (χ4v) is 3.74. The van der Waals surface area contributed by atoms with Gasteiger partial charge < -0.3 is 14.6 Å². The largest absolute Gasteiger partial charge is 0.493 e. The summed E-state index contributed by atoms with van der Waals surface area (Å²) >= 11 is 1.35. The maximum Gasteiger partial charge on any atom is 0.257 e. The van der Waals surface area contributed by atoms with Crippen LogP contribution in [-0.4, -0.2) is 34.6 Å². The average Bonchev–Trinajstić information content (AvgIpc) is 2.85. The Morgan fingerprint density at radius 2 is 2.00 bits per heavy atom. The number of benzene rings is 1. The highest BCUT2D eigenvalue weighted by molar-refractivity contribution is 7.99. The molecular weight excluding hydrogens is 304 g/mol. The molecule has 1 N–H and O–H groups in total. The summed E-state index contributed by atoms with van der Waals surface area (Å²) < 4.78 is 11.8. The topological polar surface area (TPSA) is 73.6 Å². The van der Waals surface area contributed by atoms with E-state index in [4.69, 9.17) is 9.47 Å². The number of hydrogen-bond acceptors (Lipinski definition) is 6. The van der Waals surface area contributed by atoms with E-state index in [0.29, 0.717) is 33.7 Å². The second kappa shape index (κ2) is 5.33. The Labute approximate surface area is 131 Å². The van der Waals surface area contributed by atoms with Gasteiger partial charge in [0.05, 0.1) is 20.0 Å². The van der Waals surface area contributed by atoms with Gasteiger partial charge in [0.25, 0.3) is 5.56 Å². The Morgan fingerprint density at radius 1 is 1.27 bits per heavy atom. The monoisotopic (exact) mass is 320 g/mol. The zero-order chi connectivity index (χ0) is 15.9. The molecule has 0 saturated carbocycles. The number of aliphatic hydroxyl groups is 1. The van der Waals surface area contributed by atoms with E-state index in [-0.39, 0.29) is 5.56 Å². The molecule has 1 aromatic carbocycles. The first-order valence-corrected chi connectivity index (χ1v) is 7.67. The van der Waals surface area contributed by atoms with Crippen molar-refractivity contribution in [2.45, 2.75) is 17.8 Å². The van der Waals surface area contributed by atoms with E-state index in [1.807, 2.05) is 0 Å². The fourth-order valence-electron chi connectivity index (χ4n) is 2.54. The van der Waals surface area contributed by atoms with Crippen molar-refractivity contribution in [1.29, 1.82) is 0 Å². The maximum atomic E-state index is 12.3. The van der Waals surface area contributed by atoms with Crippen LogP contribution in [0.4, 0.5) is 0 Å². The lowest BCUT2D eigenvalue weighted by Gasteiger charge is -2.25. The molecule has 22 heavy (non-hydrogen) atoms. The number of ether oxygens (including phenoxy) is 2. The Bertz CT molecular complexity index is 790. The summed E-state index contributed by atoms with van der Waals surface area (Å²) in [4.78, 5) is 16.6. The minimum Gasteiger partial charge on any atom is -0.493 e. The van der Waals surface area contributed by atoms with Crippen LogP contribution in [0.15, 0.2) is 34.2 Å². The van der Waals surface area contributed by atoms with Gasteiger partial charge >= 0.3 is 0 Å². The molecule has 2 aromatic rings. The first-order valence-electron chi connectivity index (χ1n) is 6.68. The predicted molar refractivity (Wildman–Crippen MR) is 82.8 cm³/mol. The number of rotatable bonds is 3. The highest BCUT2D eigenvalue weighted by atomic mass is 32.2. The van der Waals surface area contributed by atoms with Gasteiger partial charge in [0.15, 0.2) is 22.4 Å². The van der Waals surface area contributed by atoms with Crippen LogP contribution in [0.25, 0.3) is 0 Å². The zero-order valence-corrected chi connectivity index (χ0v) is 13.3. The number of methoxy groups -OCH3 is 2. The van der Waals surface area contributed by atoms with Gasteiger partial charge in [-0.2, -0.15) is 0 Å². The van der Waals surface area contributed by atoms with Crippen LogP contribution in [0.5, 0.6) is 11.5 Å². The molecule has 3 rings (SSSR count). The summed E-state index contributed by atoms with van der Waals surface area (Å²) in [5, 5.41) is 11.6. The highest BCUT2D eigenvalue weighted by Gasteiger charge is 2.41. The molecule has 0 unspecified atom stereocenters. The molecule has 0 fully saturated rings. The standard InChI is InChI=1S/C15H16N2O4S/c1-9-6-13(18)17-14(16-9)22-8-15(17,19)10-4-5-11(20-2)12(7-10)21-3/h4-7,19H,8H2,1-3H3/t15-/m0/s1. The number of aromatic nitrogens is 2. The van der Waals surface area contributed by atoms with Crippen LogP contribution in [0.1, 0.15) is 11.3 Å². The molecular formula is C15H16N2O4S. The van der Waals surface area contributed by atoms with Crippen molar-refractivity contribution < 1.29 is 14.6 Å². The predicted octanol–water partition coefficient (Wildman–Crippen LogP) is 1.37. The molecule has 1 atom stereocenters. The lowest BCUT2D eigenvalue weighted by atomic mass is 10.0. The number of thioether (sulfide) groups is 1. The minimum atomic E-state index is -1.45. The van der Waals surface area contributed by atoms with Crippen LogP contribution in [-0.2, 0) is 5.72 Å². The van der Waals surface area contributed by atoms with Crippen molar-refractivity contribution in [3.8, 4) is 11.5 Å². The van der Waals surface area contributed by atoms with Crippen molar-refractivity contribution in [3.63, 3.8) is 0 Å². The molecule has 0 aliphatic carbocycles. The minimum absolute atomic E-state index is 0.273. The van der Waals surface area contributed by atoms with E-state index in [2.05, 4.69) is 4.98 Å². The van der Waals surface area contributed by atoms with Crippen LogP contribution in [0.3, 0.4) is 0 Å². The van der Waals surface area contributed by atoms with Crippen molar-refractivity contribution in [2.24, 2.45) is 0 Å². The molecule has 0 radical (unpaired) electrons. The van der Waals surface area contributed by atoms with E-state index < -0.39 is 5.72 Å². The summed E-state index contributed by atoms with van der Waals surface area (Å²) in [6, 6.07) is 6.53. The Morgan fingerprint density at radius 3 is 2.68 bits per heavy atom. The van der Waals surface area contributed by atoms with Gasteiger partial charge in [-0.15, -0.1) is 0 Å². The number of nitrogens with zero attached hydrogens (tertiary/aromatic N) is 2. The van der Waals surface area contributed by atoms with E-state index in [0.717, 1.165) is 0 Å². The molecule has 1 aliphatic rings. The summed E-state index contributed by atoms with van der Waals surface area (Å²) in [7, 11) is 3.07. The number of aryl methyl sites for hydroxylation is 1. The zero-order valence-electron chi connectivity index (χ0n) is 12.5. The molecule has 7 heteroatoms. The van der Waals surface area contributed by atoms with Crippen LogP contribution >= 0.6 is 11.8 Å². The van der Waals surface area contributed by atoms with E-state index in [9.17, 15) is 9.90 Å². The molecule has 1 aliphatic heterocycles. The molecule has 0 amide bonds.